The fourth-order valence-corrected chi connectivity index (χ4v) is 4.82. The van der Waals surface area contributed by atoms with Gasteiger partial charge in [-0.05, 0) is 48.9 Å². The molecule has 0 saturated carbocycles. The minimum atomic E-state index is -0.737. The normalized spacial score (nSPS) is 15.7. The first-order chi connectivity index (χ1) is 17.0. The summed E-state index contributed by atoms with van der Waals surface area (Å²) >= 11 is 1.28. The van der Waals surface area contributed by atoms with E-state index in [2.05, 4.69) is 4.98 Å². The fraction of sp³-hybridized carbons (Fsp3) is 0.346. The average Bonchev–Trinajstić information content (AvgIpc) is 3.62. The number of Topliss-reactive ketones (excluding diaryl/α,β-unsaturated/α-hetero) is 1. The number of aliphatic hydroxyl groups excluding tert-OH is 1. The summed E-state index contributed by atoms with van der Waals surface area (Å²) in [5.74, 6) is -0.256. The Hall–Kier alpha value is -3.59. The number of carbonyl (C=O) groups excluding carboxylic acids is 2. The molecular formula is C26H29N3O5S. The molecule has 0 unspecified atom stereocenters. The second-order valence-electron chi connectivity index (χ2n) is 8.11. The minimum Gasteiger partial charge on any atom is -0.503 e. The van der Waals surface area contributed by atoms with Gasteiger partial charge in [-0.2, -0.15) is 0 Å². The SMILES string of the molecule is CCCOc1ccc([C@H]2C(C(=O)c3cccs3)=C(O)C(=O)N2CCCn2ccnc2)cc1OCC. The van der Waals surface area contributed by atoms with E-state index in [9.17, 15) is 14.7 Å². The summed E-state index contributed by atoms with van der Waals surface area (Å²) in [4.78, 5) is 32.7. The van der Waals surface area contributed by atoms with E-state index in [1.807, 2.05) is 30.7 Å². The van der Waals surface area contributed by atoms with Crippen molar-refractivity contribution in [3.63, 3.8) is 0 Å². The summed E-state index contributed by atoms with van der Waals surface area (Å²) in [6.07, 6.45) is 6.75. The molecule has 1 aliphatic heterocycles. The summed E-state index contributed by atoms with van der Waals surface area (Å²) in [5, 5.41) is 12.7. The van der Waals surface area contributed by atoms with Gasteiger partial charge in [-0.3, -0.25) is 9.59 Å². The Labute approximate surface area is 208 Å². The molecule has 0 fully saturated rings. The van der Waals surface area contributed by atoms with Gasteiger partial charge in [0, 0.05) is 25.5 Å². The Kier molecular flexibility index (Phi) is 7.87. The molecule has 0 saturated heterocycles. The largest absolute Gasteiger partial charge is 0.503 e. The number of hydrogen-bond acceptors (Lipinski definition) is 7. The number of imidazole rings is 1. The number of aliphatic hydroxyl groups is 1. The van der Waals surface area contributed by atoms with Crippen LogP contribution in [0.3, 0.4) is 0 Å². The third kappa shape index (κ3) is 5.24. The molecule has 0 radical (unpaired) electrons. The van der Waals surface area contributed by atoms with Gasteiger partial charge in [-0.1, -0.05) is 19.1 Å². The van der Waals surface area contributed by atoms with Gasteiger partial charge in [0.05, 0.1) is 36.0 Å². The van der Waals surface area contributed by atoms with Gasteiger partial charge < -0.3 is 24.0 Å². The van der Waals surface area contributed by atoms with Crippen molar-refractivity contribution >= 4 is 23.0 Å². The number of hydrogen-bond donors (Lipinski definition) is 1. The van der Waals surface area contributed by atoms with Crippen LogP contribution >= 0.6 is 11.3 Å². The summed E-state index contributed by atoms with van der Waals surface area (Å²) in [6, 6.07) is 8.16. The minimum absolute atomic E-state index is 0.0877. The second-order valence-corrected chi connectivity index (χ2v) is 9.06. The molecule has 1 aliphatic rings. The number of carbonyl (C=O) groups is 2. The van der Waals surface area contributed by atoms with Gasteiger partial charge in [0.25, 0.3) is 5.91 Å². The number of ketones is 1. The first-order valence-electron chi connectivity index (χ1n) is 11.7. The molecule has 4 rings (SSSR count). The lowest BCUT2D eigenvalue weighted by atomic mass is 9.95. The monoisotopic (exact) mass is 495 g/mol. The highest BCUT2D eigenvalue weighted by Gasteiger charge is 2.44. The van der Waals surface area contributed by atoms with Crippen LogP contribution < -0.4 is 9.47 Å². The maximum Gasteiger partial charge on any atom is 0.290 e. The van der Waals surface area contributed by atoms with Crippen LogP contribution in [0, 0.1) is 0 Å². The highest BCUT2D eigenvalue weighted by molar-refractivity contribution is 7.12. The highest BCUT2D eigenvalue weighted by atomic mass is 32.1. The van der Waals surface area contributed by atoms with E-state index in [-0.39, 0.29) is 11.4 Å². The molecule has 8 nitrogen and oxygen atoms in total. The van der Waals surface area contributed by atoms with E-state index in [0.717, 1.165) is 6.42 Å². The fourth-order valence-electron chi connectivity index (χ4n) is 4.14. The molecule has 184 valence electrons. The number of aryl methyl sites for hydroxylation is 1. The zero-order valence-electron chi connectivity index (χ0n) is 19.8. The Balaban J connectivity index is 1.70. The van der Waals surface area contributed by atoms with Crippen molar-refractivity contribution in [3.8, 4) is 11.5 Å². The standard InChI is InChI=1S/C26H29N3O5S/c1-3-14-34-19-9-8-18(16-20(19)33-4-2)23-22(24(30)21-7-5-15-35-21)25(31)26(32)29(23)12-6-11-28-13-10-27-17-28/h5,7-10,13,15-17,23,31H,3-4,6,11-12,14H2,1-2H3/t23-/m0/s1. The van der Waals surface area contributed by atoms with Crippen molar-refractivity contribution in [1.29, 1.82) is 0 Å². The van der Waals surface area contributed by atoms with Crippen molar-refractivity contribution in [3.05, 3.63) is 76.2 Å². The number of aromatic nitrogens is 2. The van der Waals surface area contributed by atoms with Crippen LogP contribution in [0.2, 0.25) is 0 Å². The van der Waals surface area contributed by atoms with Crippen LogP contribution in [0.4, 0.5) is 0 Å². The molecule has 0 spiro atoms. The van der Waals surface area contributed by atoms with Crippen LogP contribution in [-0.2, 0) is 11.3 Å². The third-order valence-corrected chi connectivity index (χ3v) is 6.58. The quantitative estimate of drug-likeness (QED) is 0.363. The molecule has 0 bridgehead atoms. The van der Waals surface area contributed by atoms with Gasteiger partial charge in [-0.25, -0.2) is 4.98 Å². The van der Waals surface area contributed by atoms with Crippen LogP contribution in [0.1, 0.15) is 48.0 Å². The number of amides is 1. The number of rotatable bonds is 12. The number of thiophene rings is 1. The zero-order valence-corrected chi connectivity index (χ0v) is 20.7. The van der Waals surface area contributed by atoms with E-state index < -0.39 is 17.7 Å². The maximum atomic E-state index is 13.4. The maximum absolute atomic E-state index is 13.4. The number of ether oxygens (including phenoxy) is 2. The van der Waals surface area contributed by atoms with Crippen LogP contribution in [0.15, 0.2) is 65.8 Å². The topological polar surface area (TPSA) is 93.9 Å². The summed E-state index contributed by atoms with van der Waals surface area (Å²) in [6.45, 7) is 5.90. The van der Waals surface area contributed by atoms with Crippen LogP contribution in [0.5, 0.6) is 11.5 Å². The van der Waals surface area contributed by atoms with Gasteiger partial charge >= 0.3 is 0 Å². The van der Waals surface area contributed by atoms with Crippen molar-refractivity contribution in [2.24, 2.45) is 0 Å². The Bertz CT molecular complexity index is 1190. The molecule has 9 heteroatoms. The van der Waals surface area contributed by atoms with Gasteiger partial charge in [-0.15, -0.1) is 11.3 Å². The van der Waals surface area contributed by atoms with E-state index >= 15 is 0 Å². The van der Waals surface area contributed by atoms with Crippen molar-refractivity contribution in [2.45, 2.75) is 39.3 Å². The summed E-state index contributed by atoms with van der Waals surface area (Å²) < 4.78 is 13.6. The predicted molar refractivity (Wildman–Crippen MR) is 133 cm³/mol. The molecule has 2 aromatic heterocycles. The highest BCUT2D eigenvalue weighted by Crippen LogP contribution is 2.42. The van der Waals surface area contributed by atoms with E-state index in [1.54, 1.807) is 47.1 Å². The molecular weight excluding hydrogens is 466 g/mol. The molecule has 1 atom stereocenters. The van der Waals surface area contributed by atoms with E-state index in [4.69, 9.17) is 9.47 Å². The van der Waals surface area contributed by atoms with Crippen LogP contribution in [0.25, 0.3) is 0 Å². The summed E-state index contributed by atoms with van der Waals surface area (Å²) in [5.41, 5.74) is 0.766. The first-order valence-corrected chi connectivity index (χ1v) is 12.6. The molecule has 1 N–H and O–H groups in total. The Morgan fingerprint density at radius 1 is 1.17 bits per heavy atom. The van der Waals surface area contributed by atoms with Gasteiger partial charge in [0.1, 0.15) is 0 Å². The van der Waals surface area contributed by atoms with Crippen molar-refractivity contribution < 1.29 is 24.2 Å². The zero-order chi connectivity index (χ0) is 24.8. The molecule has 1 aromatic carbocycles. The lowest BCUT2D eigenvalue weighted by molar-refractivity contribution is -0.129. The van der Waals surface area contributed by atoms with Gasteiger partial charge in [0.15, 0.2) is 17.3 Å². The molecule has 0 aliphatic carbocycles. The number of nitrogens with zero attached hydrogens (tertiary/aromatic N) is 3. The number of benzene rings is 1. The lowest BCUT2D eigenvalue weighted by Crippen LogP contribution is -2.32. The molecule has 1 amide bonds. The molecule has 35 heavy (non-hydrogen) atoms. The van der Waals surface area contributed by atoms with E-state index in [1.165, 1.54) is 11.3 Å². The van der Waals surface area contributed by atoms with Crippen LogP contribution in [-0.4, -0.2) is 51.0 Å². The second kappa shape index (κ2) is 11.2. The lowest BCUT2D eigenvalue weighted by Gasteiger charge is -2.27. The predicted octanol–water partition coefficient (Wildman–Crippen LogP) is 4.80. The first kappa shape index (κ1) is 24.5. The Morgan fingerprint density at radius 3 is 2.71 bits per heavy atom. The third-order valence-electron chi connectivity index (χ3n) is 5.71. The summed E-state index contributed by atoms with van der Waals surface area (Å²) in [7, 11) is 0. The smallest absolute Gasteiger partial charge is 0.290 e. The van der Waals surface area contributed by atoms with Crippen molar-refractivity contribution in [1.82, 2.24) is 14.5 Å². The molecule has 3 aromatic rings. The van der Waals surface area contributed by atoms with E-state index in [0.29, 0.717) is 54.7 Å². The van der Waals surface area contributed by atoms with Gasteiger partial charge in [0.2, 0.25) is 5.78 Å². The average molecular weight is 496 g/mol. The molecule has 3 heterocycles. The van der Waals surface area contributed by atoms with Crippen molar-refractivity contribution in [2.75, 3.05) is 19.8 Å². The Morgan fingerprint density at radius 2 is 2.03 bits per heavy atom.